The summed E-state index contributed by atoms with van der Waals surface area (Å²) in [5, 5.41) is 12.6. The lowest BCUT2D eigenvalue weighted by Crippen LogP contribution is -2.57. The van der Waals surface area contributed by atoms with Crippen molar-refractivity contribution in [3.63, 3.8) is 0 Å². The summed E-state index contributed by atoms with van der Waals surface area (Å²) in [6.07, 6.45) is 11.4. The molecule has 1 N–H and O–H groups in total. The smallest absolute Gasteiger partial charge is 0.302 e. The van der Waals surface area contributed by atoms with Crippen molar-refractivity contribution in [1.82, 2.24) is 0 Å². The summed E-state index contributed by atoms with van der Waals surface area (Å²) in [7, 11) is 0. The third-order valence-corrected chi connectivity index (χ3v) is 10.0. The van der Waals surface area contributed by atoms with Crippen LogP contribution in [0.4, 0.5) is 0 Å². The van der Waals surface area contributed by atoms with Gasteiger partial charge in [-0.3, -0.25) is 4.79 Å². The number of carbonyl (C=O) groups is 1. The van der Waals surface area contributed by atoms with Gasteiger partial charge in [-0.05, 0) is 105 Å². The Balaban J connectivity index is 1.56. The zero-order chi connectivity index (χ0) is 20.1. The zero-order valence-electron chi connectivity index (χ0n) is 17.9. The normalized spacial score (nSPS) is 50.2. The van der Waals surface area contributed by atoms with E-state index in [1.165, 1.54) is 38.5 Å². The molecule has 158 valence electrons. The fourth-order valence-electron chi connectivity index (χ4n) is 8.50. The Bertz CT molecular complexity index is 621. The van der Waals surface area contributed by atoms with Gasteiger partial charge < -0.3 is 9.84 Å². The quantitative estimate of drug-likeness (QED) is 0.506. The monoisotopic (exact) mass is 406 g/mol. The van der Waals surface area contributed by atoms with Crippen molar-refractivity contribution >= 4 is 23.6 Å². The van der Waals surface area contributed by atoms with Crippen LogP contribution in [0.5, 0.6) is 0 Å². The van der Waals surface area contributed by atoms with Gasteiger partial charge in [0, 0.05) is 12.3 Å². The number of hydrogen-bond acceptors (Lipinski definition) is 4. The summed E-state index contributed by atoms with van der Waals surface area (Å²) >= 11 is 5.09. The molecular formula is C24H38O3S. The number of carbonyl (C=O) groups excluding carboxylic acids is 1. The van der Waals surface area contributed by atoms with Crippen LogP contribution in [-0.2, 0) is 9.53 Å². The third-order valence-electron chi connectivity index (χ3n) is 9.77. The van der Waals surface area contributed by atoms with Crippen molar-refractivity contribution in [2.75, 3.05) is 0 Å². The Morgan fingerprint density at radius 2 is 1.71 bits per heavy atom. The highest BCUT2D eigenvalue weighted by Gasteiger charge is 2.62. The van der Waals surface area contributed by atoms with E-state index < -0.39 is 0 Å². The molecule has 4 aliphatic rings. The van der Waals surface area contributed by atoms with Gasteiger partial charge in [0.2, 0.25) is 0 Å². The third kappa shape index (κ3) is 3.17. The van der Waals surface area contributed by atoms with Gasteiger partial charge in [-0.15, -0.1) is 0 Å². The number of thiocarbonyl (C=S) groups is 1. The molecule has 0 aromatic carbocycles. The Hall–Kier alpha value is -0.480. The maximum absolute atomic E-state index is 11.6. The van der Waals surface area contributed by atoms with Crippen molar-refractivity contribution in [2.24, 2.45) is 40.4 Å². The minimum Gasteiger partial charge on any atom is -0.462 e. The van der Waals surface area contributed by atoms with E-state index >= 15 is 0 Å². The minimum absolute atomic E-state index is 0.116. The Labute approximate surface area is 176 Å². The van der Waals surface area contributed by atoms with E-state index in [0.29, 0.717) is 23.2 Å². The predicted octanol–water partition coefficient (Wildman–Crippen LogP) is 5.33. The van der Waals surface area contributed by atoms with E-state index in [1.807, 2.05) is 5.37 Å². The molecule has 0 aromatic heterocycles. The standard InChI is InChI=1S/C24H38O3S/c1-15(25)27-22-9-8-18-16-6-7-19-17(5-4-14-28)21(26)11-13-23(19,2)20(16)10-12-24(18,22)3/h14,16-22,26H,4-13H2,1-3H3. The molecule has 0 aromatic rings. The van der Waals surface area contributed by atoms with Crippen LogP contribution >= 0.6 is 12.2 Å². The number of rotatable bonds is 4. The number of fused-ring (bicyclic) bond motifs is 5. The molecule has 4 aliphatic carbocycles. The second kappa shape index (κ2) is 7.65. The Kier molecular flexibility index (Phi) is 5.68. The topological polar surface area (TPSA) is 46.5 Å². The van der Waals surface area contributed by atoms with E-state index in [-0.39, 0.29) is 23.6 Å². The fraction of sp³-hybridized carbons (Fsp3) is 0.917. The second-order valence-electron chi connectivity index (χ2n) is 10.8. The van der Waals surface area contributed by atoms with Crippen LogP contribution in [-0.4, -0.2) is 28.7 Å². The van der Waals surface area contributed by atoms with Crippen LogP contribution in [0.3, 0.4) is 0 Å². The van der Waals surface area contributed by atoms with Gasteiger partial charge in [0.1, 0.15) is 6.10 Å². The van der Waals surface area contributed by atoms with Gasteiger partial charge in [0.15, 0.2) is 0 Å². The van der Waals surface area contributed by atoms with Crippen LogP contribution in [0.1, 0.15) is 85.0 Å². The molecule has 9 atom stereocenters. The van der Waals surface area contributed by atoms with Crippen LogP contribution < -0.4 is 0 Å². The predicted molar refractivity (Wildman–Crippen MR) is 115 cm³/mol. The number of esters is 1. The summed E-state index contributed by atoms with van der Waals surface area (Å²) < 4.78 is 5.79. The summed E-state index contributed by atoms with van der Waals surface area (Å²) in [5.41, 5.74) is 0.524. The van der Waals surface area contributed by atoms with Crippen molar-refractivity contribution < 1.29 is 14.6 Å². The first-order valence-corrected chi connectivity index (χ1v) is 12.1. The molecule has 0 spiro atoms. The molecule has 0 radical (unpaired) electrons. The van der Waals surface area contributed by atoms with Crippen LogP contribution in [0.2, 0.25) is 0 Å². The van der Waals surface area contributed by atoms with Crippen molar-refractivity contribution in [3.8, 4) is 0 Å². The van der Waals surface area contributed by atoms with Crippen molar-refractivity contribution in [3.05, 3.63) is 0 Å². The maximum atomic E-state index is 11.6. The summed E-state index contributed by atoms with van der Waals surface area (Å²) in [4.78, 5) is 11.6. The van der Waals surface area contributed by atoms with E-state index in [1.54, 1.807) is 6.92 Å². The average Bonchev–Trinajstić information content (AvgIpc) is 2.97. The maximum Gasteiger partial charge on any atom is 0.302 e. The molecule has 0 bridgehead atoms. The average molecular weight is 407 g/mol. The number of aliphatic hydroxyl groups excluding tert-OH is 1. The van der Waals surface area contributed by atoms with E-state index in [0.717, 1.165) is 37.5 Å². The molecule has 28 heavy (non-hydrogen) atoms. The molecule has 3 nitrogen and oxygen atoms in total. The molecule has 0 aliphatic heterocycles. The molecule has 9 unspecified atom stereocenters. The van der Waals surface area contributed by atoms with Crippen LogP contribution in [0.25, 0.3) is 0 Å². The van der Waals surface area contributed by atoms with Gasteiger partial charge in [0.25, 0.3) is 0 Å². The summed E-state index contributed by atoms with van der Waals surface area (Å²) in [5.74, 6) is 3.17. The van der Waals surface area contributed by atoms with Crippen molar-refractivity contribution in [2.45, 2.75) is 97.2 Å². The fourth-order valence-corrected chi connectivity index (χ4v) is 8.64. The number of aliphatic hydroxyl groups is 1. The molecule has 4 fully saturated rings. The minimum atomic E-state index is -0.141. The highest BCUT2D eigenvalue weighted by molar-refractivity contribution is 7.78. The molecular weight excluding hydrogens is 368 g/mol. The molecule has 0 amide bonds. The first-order chi connectivity index (χ1) is 13.3. The van der Waals surface area contributed by atoms with Gasteiger partial charge >= 0.3 is 5.97 Å². The lowest BCUT2D eigenvalue weighted by atomic mass is 9.43. The second-order valence-corrected chi connectivity index (χ2v) is 11.1. The van der Waals surface area contributed by atoms with Crippen LogP contribution in [0, 0.1) is 40.4 Å². The first kappa shape index (κ1) is 20.8. The van der Waals surface area contributed by atoms with Gasteiger partial charge in [-0.2, -0.15) is 0 Å². The van der Waals surface area contributed by atoms with Gasteiger partial charge in [0.05, 0.1) is 6.10 Å². The summed E-state index contributed by atoms with van der Waals surface area (Å²) in [6.45, 7) is 6.50. The molecule has 0 saturated heterocycles. The Morgan fingerprint density at radius 1 is 1.04 bits per heavy atom. The largest absolute Gasteiger partial charge is 0.462 e. The zero-order valence-corrected chi connectivity index (χ0v) is 18.7. The molecule has 0 heterocycles. The van der Waals surface area contributed by atoms with Crippen LogP contribution in [0.15, 0.2) is 0 Å². The first-order valence-electron chi connectivity index (χ1n) is 11.6. The number of hydrogen-bond donors (Lipinski definition) is 1. The molecule has 4 heteroatoms. The lowest BCUT2D eigenvalue weighted by molar-refractivity contribution is -0.170. The van der Waals surface area contributed by atoms with Crippen molar-refractivity contribution in [1.29, 1.82) is 0 Å². The SMILES string of the molecule is CC(=O)OC1CCC2C3CCC4C(CCC=S)C(O)CCC4(C)C3CCC12C. The Morgan fingerprint density at radius 3 is 2.43 bits per heavy atom. The molecule has 4 rings (SSSR count). The molecule has 4 saturated carbocycles. The lowest BCUT2D eigenvalue weighted by Gasteiger charge is -2.62. The summed E-state index contributed by atoms with van der Waals surface area (Å²) in [6, 6.07) is 0. The van der Waals surface area contributed by atoms with Gasteiger partial charge in [-0.25, -0.2) is 0 Å². The van der Waals surface area contributed by atoms with E-state index in [2.05, 4.69) is 13.8 Å². The highest BCUT2D eigenvalue weighted by atomic mass is 32.1. The van der Waals surface area contributed by atoms with E-state index in [4.69, 9.17) is 17.0 Å². The highest BCUT2D eigenvalue weighted by Crippen LogP contribution is 2.67. The van der Waals surface area contributed by atoms with E-state index in [9.17, 15) is 9.90 Å². The van der Waals surface area contributed by atoms with Gasteiger partial charge in [-0.1, -0.05) is 26.1 Å². The number of ether oxygens (including phenoxy) is 1.